The summed E-state index contributed by atoms with van der Waals surface area (Å²) in [5.74, 6) is 0.816. The number of amides is 1. The number of anilines is 1. The van der Waals surface area contributed by atoms with Gasteiger partial charge in [-0.15, -0.1) is 0 Å². The number of nitro groups is 1. The van der Waals surface area contributed by atoms with Gasteiger partial charge in [0, 0.05) is 17.8 Å². The van der Waals surface area contributed by atoms with Gasteiger partial charge in [-0.1, -0.05) is 11.2 Å². The molecule has 2 rings (SSSR count). The molecule has 2 aromatic carbocycles. The van der Waals surface area contributed by atoms with Crippen LogP contribution in [0.5, 0.6) is 11.5 Å². The zero-order chi connectivity index (χ0) is 18.8. The molecule has 0 aromatic heterocycles. The predicted molar refractivity (Wildman–Crippen MR) is 94.7 cm³/mol. The smallest absolute Gasteiger partial charge is 0.271 e. The van der Waals surface area contributed by atoms with Gasteiger partial charge in [-0.3, -0.25) is 14.9 Å². The van der Waals surface area contributed by atoms with Crippen LogP contribution in [-0.4, -0.2) is 37.4 Å². The van der Waals surface area contributed by atoms with E-state index in [4.69, 9.17) is 14.3 Å². The number of carbonyl (C=O) groups is 1. The average molecular weight is 359 g/mol. The SMILES string of the molecule is COc1ccc(OCCO/N=C\C(=O)Nc2cccc([N+](=O)[O-])c2)cc1. The number of nitrogens with zero attached hydrogens (tertiary/aromatic N) is 2. The zero-order valence-corrected chi connectivity index (χ0v) is 14.0. The summed E-state index contributed by atoms with van der Waals surface area (Å²) >= 11 is 0. The van der Waals surface area contributed by atoms with E-state index in [1.807, 2.05) is 0 Å². The van der Waals surface area contributed by atoms with Crippen LogP contribution < -0.4 is 14.8 Å². The topological polar surface area (TPSA) is 112 Å². The van der Waals surface area contributed by atoms with E-state index in [0.717, 1.165) is 12.0 Å². The Morgan fingerprint density at radius 3 is 2.62 bits per heavy atom. The maximum absolute atomic E-state index is 11.7. The number of oxime groups is 1. The maximum Gasteiger partial charge on any atom is 0.271 e. The minimum absolute atomic E-state index is 0.119. The second-order valence-electron chi connectivity index (χ2n) is 4.89. The number of ether oxygens (including phenoxy) is 2. The second kappa shape index (κ2) is 9.62. The molecule has 0 aliphatic carbocycles. The van der Waals surface area contributed by atoms with Crippen LogP contribution in [0.1, 0.15) is 0 Å². The summed E-state index contributed by atoms with van der Waals surface area (Å²) < 4.78 is 10.5. The van der Waals surface area contributed by atoms with Gasteiger partial charge in [-0.2, -0.15) is 0 Å². The van der Waals surface area contributed by atoms with E-state index in [9.17, 15) is 14.9 Å². The molecule has 1 N–H and O–H groups in total. The van der Waals surface area contributed by atoms with Crippen molar-refractivity contribution >= 4 is 23.5 Å². The summed E-state index contributed by atoms with van der Waals surface area (Å²) in [4.78, 5) is 26.7. The molecule has 0 aliphatic heterocycles. The lowest BCUT2D eigenvalue weighted by Gasteiger charge is -2.06. The molecule has 0 atom stereocenters. The lowest BCUT2D eigenvalue weighted by atomic mass is 10.3. The predicted octanol–water partition coefficient (Wildman–Crippen LogP) is 2.62. The van der Waals surface area contributed by atoms with E-state index >= 15 is 0 Å². The first-order valence-corrected chi connectivity index (χ1v) is 7.56. The normalized spacial score (nSPS) is 10.3. The van der Waals surface area contributed by atoms with E-state index in [-0.39, 0.29) is 18.9 Å². The van der Waals surface area contributed by atoms with Crippen LogP contribution in [0.15, 0.2) is 53.7 Å². The van der Waals surface area contributed by atoms with Gasteiger partial charge in [-0.25, -0.2) is 0 Å². The third-order valence-electron chi connectivity index (χ3n) is 3.07. The molecule has 2 aromatic rings. The molecular weight excluding hydrogens is 342 g/mol. The maximum atomic E-state index is 11.7. The van der Waals surface area contributed by atoms with Crippen molar-refractivity contribution < 1.29 is 24.0 Å². The lowest BCUT2D eigenvalue weighted by Crippen LogP contribution is -2.13. The summed E-state index contributed by atoms with van der Waals surface area (Å²) in [6.45, 7) is 0.392. The Morgan fingerprint density at radius 2 is 1.92 bits per heavy atom. The number of hydrogen-bond acceptors (Lipinski definition) is 7. The largest absolute Gasteiger partial charge is 0.497 e. The van der Waals surface area contributed by atoms with E-state index in [2.05, 4.69) is 10.5 Å². The van der Waals surface area contributed by atoms with Gasteiger partial charge in [0.25, 0.3) is 11.6 Å². The van der Waals surface area contributed by atoms with Crippen molar-refractivity contribution in [2.24, 2.45) is 5.16 Å². The van der Waals surface area contributed by atoms with Crippen LogP contribution in [0.4, 0.5) is 11.4 Å². The monoisotopic (exact) mass is 359 g/mol. The van der Waals surface area contributed by atoms with Crippen molar-refractivity contribution in [1.29, 1.82) is 0 Å². The van der Waals surface area contributed by atoms with Crippen LogP contribution in [0.3, 0.4) is 0 Å². The zero-order valence-electron chi connectivity index (χ0n) is 14.0. The lowest BCUT2D eigenvalue weighted by molar-refractivity contribution is -0.384. The van der Waals surface area contributed by atoms with Gasteiger partial charge in [-0.05, 0) is 30.3 Å². The first kappa shape index (κ1) is 18.7. The fraction of sp³-hybridized carbons (Fsp3) is 0.176. The third kappa shape index (κ3) is 6.11. The number of non-ortho nitro benzene ring substituents is 1. The molecule has 9 heteroatoms. The van der Waals surface area contributed by atoms with E-state index in [1.54, 1.807) is 31.4 Å². The number of nitro benzene ring substituents is 1. The quantitative estimate of drug-likeness (QED) is 0.319. The molecule has 0 aliphatic rings. The Hall–Kier alpha value is -3.62. The van der Waals surface area contributed by atoms with Crippen molar-refractivity contribution in [1.82, 2.24) is 0 Å². The summed E-state index contributed by atoms with van der Waals surface area (Å²) in [7, 11) is 1.58. The van der Waals surface area contributed by atoms with Crippen molar-refractivity contribution in [2.75, 3.05) is 25.6 Å². The Kier molecular flexibility index (Phi) is 6.93. The molecule has 0 radical (unpaired) electrons. The molecule has 0 saturated carbocycles. The molecule has 9 nitrogen and oxygen atoms in total. The van der Waals surface area contributed by atoms with Crippen molar-refractivity contribution in [3.63, 3.8) is 0 Å². The van der Waals surface area contributed by atoms with Gasteiger partial charge >= 0.3 is 0 Å². The second-order valence-corrected chi connectivity index (χ2v) is 4.89. The van der Waals surface area contributed by atoms with E-state index in [0.29, 0.717) is 11.4 Å². The van der Waals surface area contributed by atoms with Crippen molar-refractivity contribution in [3.05, 3.63) is 58.6 Å². The molecule has 26 heavy (non-hydrogen) atoms. The minimum atomic E-state index is -0.568. The van der Waals surface area contributed by atoms with Gasteiger partial charge in [0.2, 0.25) is 0 Å². The average Bonchev–Trinajstić information content (AvgIpc) is 2.65. The number of rotatable bonds is 9. The highest BCUT2D eigenvalue weighted by molar-refractivity contribution is 6.31. The number of hydrogen-bond donors (Lipinski definition) is 1. The summed E-state index contributed by atoms with van der Waals surface area (Å²) in [6.07, 6.45) is 0.937. The molecule has 1 amide bonds. The van der Waals surface area contributed by atoms with E-state index in [1.165, 1.54) is 24.3 Å². The van der Waals surface area contributed by atoms with Gasteiger partial charge in [0.15, 0.2) is 6.61 Å². The fourth-order valence-corrected chi connectivity index (χ4v) is 1.88. The Morgan fingerprint density at radius 1 is 1.19 bits per heavy atom. The molecule has 0 fully saturated rings. The van der Waals surface area contributed by atoms with Gasteiger partial charge in [0.1, 0.15) is 24.3 Å². The first-order chi connectivity index (χ1) is 12.6. The van der Waals surface area contributed by atoms with Gasteiger partial charge < -0.3 is 19.6 Å². The highest BCUT2D eigenvalue weighted by Gasteiger charge is 2.07. The standard InChI is InChI=1S/C17H17N3O6/c1-24-15-5-7-16(8-6-15)25-9-10-26-18-12-17(21)19-13-3-2-4-14(11-13)20(22)23/h2-8,11-12H,9-10H2,1H3,(H,19,21)/b18-12-. The first-order valence-electron chi connectivity index (χ1n) is 7.56. The molecule has 0 unspecified atom stereocenters. The van der Waals surface area contributed by atoms with Crippen molar-refractivity contribution in [3.8, 4) is 11.5 Å². The molecule has 0 bridgehead atoms. The number of benzene rings is 2. The molecule has 136 valence electrons. The Bertz CT molecular complexity index is 776. The van der Waals surface area contributed by atoms with Crippen LogP contribution in [-0.2, 0) is 9.63 Å². The highest BCUT2D eigenvalue weighted by Crippen LogP contribution is 2.17. The minimum Gasteiger partial charge on any atom is -0.497 e. The van der Waals surface area contributed by atoms with Crippen LogP contribution in [0.2, 0.25) is 0 Å². The molecule has 0 spiro atoms. The number of carbonyl (C=O) groups excluding carboxylic acids is 1. The summed E-state index contributed by atoms with van der Waals surface area (Å²) in [6, 6.07) is 12.6. The summed E-state index contributed by atoms with van der Waals surface area (Å²) in [5, 5.41) is 16.6. The van der Waals surface area contributed by atoms with Gasteiger partial charge in [0.05, 0.1) is 12.0 Å². The fourth-order valence-electron chi connectivity index (χ4n) is 1.88. The number of methoxy groups -OCH3 is 1. The third-order valence-corrected chi connectivity index (χ3v) is 3.07. The highest BCUT2D eigenvalue weighted by atomic mass is 16.6. The Balaban J connectivity index is 1.68. The van der Waals surface area contributed by atoms with Crippen LogP contribution in [0, 0.1) is 10.1 Å². The Labute approximate surface area is 149 Å². The molecule has 0 heterocycles. The summed E-state index contributed by atoms with van der Waals surface area (Å²) in [5.41, 5.74) is 0.171. The molecular formula is C17H17N3O6. The molecule has 0 saturated heterocycles. The van der Waals surface area contributed by atoms with Crippen LogP contribution >= 0.6 is 0 Å². The van der Waals surface area contributed by atoms with Crippen LogP contribution in [0.25, 0.3) is 0 Å². The van der Waals surface area contributed by atoms with E-state index < -0.39 is 10.8 Å². The van der Waals surface area contributed by atoms with Crippen molar-refractivity contribution in [2.45, 2.75) is 0 Å². The number of nitrogens with one attached hydrogen (secondary N) is 1.